The van der Waals surface area contributed by atoms with E-state index in [2.05, 4.69) is 57.8 Å². The van der Waals surface area contributed by atoms with E-state index in [4.69, 9.17) is 4.43 Å². The van der Waals surface area contributed by atoms with Gasteiger partial charge >= 0.3 is 0 Å². The molecule has 88 valence electrons. The van der Waals surface area contributed by atoms with Crippen LogP contribution in [0, 0.1) is 0 Å². The molecule has 0 N–H and O–H groups in total. The molecule has 1 aromatic carbocycles. The summed E-state index contributed by atoms with van der Waals surface area (Å²) in [7, 11) is -0.969. The van der Waals surface area contributed by atoms with Gasteiger partial charge in [-0.2, -0.15) is 0 Å². The summed E-state index contributed by atoms with van der Waals surface area (Å²) in [6.07, 6.45) is 2.84. The quantitative estimate of drug-likeness (QED) is 0.707. The number of hydrogen-bond donors (Lipinski definition) is 0. The van der Waals surface area contributed by atoms with Crippen molar-refractivity contribution in [3.8, 4) is 0 Å². The average molecular weight is 234 g/mol. The molecule has 0 aliphatic carbocycles. The van der Waals surface area contributed by atoms with E-state index in [9.17, 15) is 0 Å². The topological polar surface area (TPSA) is 9.23 Å². The number of rotatable bonds is 5. The second-order valence-electron chi connectivity index (χ2n) is 5.05. The van der Waals surface area contributed by atoms with E-state index in [1.807, 2.05) is 6.08 Å². The SMILES string of the molecule is C=Cc1ccc(CC(C)(C)O[SiH](C)C)cc1. The molecule has 0 saturated heterocycles. The van der Waals surface area contributed by atoms with E-state index in [1.165, 1.54) is 11.1 Å². The second kappa shape index (κ2) is 5.46. The lowest BCUT2D eigenvalue weighted by atomic mass is 9.98. The second-order valence-corrected chi connectivity index (χ2v) is 7.38. The Kier molecular flexibility index (Phi) is 4.51. The summed E-state index contributed by atoms with van der Waals surface area (Å²) in [5.41, 5.74) is 2.45. The van der Waals surface area contributed by atoms with Gasteiger partial charge < -0.3 is 4.43 Å². The van der Waals surface area contributed by atoms with Gasteiger partial charge in [-0.3, -0.25) is 0 Å². The van der Waals surface area contributed by atoms with Crippen molar-refractivity contribution in [2.45, 2.75) is 39.0 Å². The van der Waals surface area contributed by atoms with Crippen molar-refractivity contribution in [1.82, 2.24) is 0 Å². The Morgan fingerprint density at radius 2 is 1.81 bits per heavy atom. The maximum absolute atomic E-state index is 6.02. The third-order valence-corrected chi connectivity index (χ3v) is 3.51. The molecule has 0 spiro atoms. The van der Waals surface area contributed by atoms with Gasteiger partial charge in [0, 0.05) is 0 Å². The van der Waals surface area contributed by atoms with Crippen LogP contribution in [-0.2, 0) is 10.8 Å². The van der Waals surface area contributed by atoms with Gasteiger partial charge in [0.1, 0.15) is 0 Å². The Bertz CT molecular complexity index is 338. The molecule has 0 heterocycles. The molecule has 1 rings (SSSR count). The fourth-order valence-electron chi connectivity index (χ4n) is 1.94. The van der Waals surface area contributed by atoms with E-state index in [-0.39, 0.29) is 5.60 Å². The molecular weight excluding hydrogens is 212 g/mol. The van der Waals surface area contributed by atoms with E-state index < -0.39 is 9.04 Å². The molecule has 1 aromatic rings. The van der Waals surface area contributed by atoms with Crippen molar-refractivity contribution in [3.63, 3.8) is 0 Å². The number of hydrogen-bond acceptors (Lipinski definition) is 1. The number of benzene rings is 1. The fraction of sp³-hybridized carbons (Fsp3) is 0.429. The Morgan fingerprint density at radius 3 is 2.25 bits per heavy atom. The van der Waals surface area contributed by atoms with Gasteiger partial charge in [0.05, 0.1) is 5.60 Å². The molecule has 0 aliphatic rings. The maximum Gasteiger partial charge on any atom is 0.171 e. The molecule has 1 nitrogen and oxygen atoms in total. The normalized spacial score (nSPS) is 11.8. The lowest BCUT2D eigenvalue weighted by molar-refractivity contribution is 0.110. The smallest absolute Gasteiger partial charge is 0.171 e. The van der Waals surface area contributed by atoms with Crippen molar-refractivity contribution < 1.29 is 4.43 Å². The van der Waals surface area contributed by atoms with Crippen molar-refractivity contribution in [1.29, 1.82) is 0 Å². The van der Waals surface area contributed by atoms with E-state index in [1.54, 1.807) is 0 Å². The van der Waals surface area contributed by atoms with Gasteiger partial charge in [-0.15, -0.1) is 0 Å². The highest BCUT2D eigenvalue weighted by molar-refractivity contribution is 6.48. The highest BCUT2D eigenvalue weighted by atomic mass is 28.3. The van der Waals surface area contributed by atoms with Crippen LogP contribution in [-0.4, -0.2) is 14.6 Å². The monoisotopic (exact) mass is 234 g/mol. The minimum absolute atomic E-state index is 0.0456. The molecule has 0 bridgehead atoms. The van der Waals surface area contributed by atoms with Crippen LogP contribution < -0.4 is 0 Å². The molecule has 0 unspecified atom stereocenters. The van der Waals surface area contributed by atoms with Crippen LogP contribution in [0.3, 0.4) is 0 Å². The van der Waals surface area contributed by atoms with Crippen LogP contribution in [0.15, 0.2) is 30.8 Å². The molecule has 0 amide bonds. The summed E-state index contributed by atoms with van der Waals surface area (Å²) in [6, 6.07) is 8.52. The highest BCUT2D eigenvalue weighted by Crippen LogP contribution is 2.18. The minimum atomic E-state index is -0.969. The van der Waals surface area contributed by atoms with Gasteiger partial charge in [0.15, 0.2) is 9.04 Å². The van der Waals surface area contributed by atoms with Crippen LogP contribution in [0.5, 0.6) is 0 Å². The summed E-state index contributed by atoms with van der Waals surface area (Å²) < 4.78 is 6.02. The molecule has 0 aliphatic heterocycles. The predicted octanol–water partition coefficient (Wildman–Crippen LogP) is 3.65. The van der Waals surface area contributed by atoms with E-state index in [0.29, 0.717) is 0 Å². The zero-order chi connectivity index (χ0) is 12.2. The van der Waals surface area contributed by atoms with Crippen LogP contribution in [0.2, 0.25) is 13.1 Å². The summed E-state index contributed by atoms with van der Waals surface area (Å²) in [4.78, 5) is 0. The third-order valence-electron chi connectivity index (χ3n) is 2.40. The van der Waals surface area contributed by atoms with Crippen LogP contribution in [0.4, 0.5) is 0 Å². The minimum Gasteiger partial charge on any atom is -0.415 e. The molecule has 0 atom stereocenters. The largest absolute Gasteiger partial charge is 0.415 e. The van der Waals surface area contributed by atoms with Crippen LogP contribution >= 0.6 is 0 Å². The average Bonchev–Trinajstić information content (AvgIpc) is 2.16. The first-order chi connectivity index (χ1) is 7.43. The Labute approximate surface area is 101 Å². The maximum atomic E-state index is 6.02. The lowest BCUT2D eigenvalue weighted by Gasteiger charge is -2.28. The fourth-order valence-corrected chi connectivity index (χ4v) is 3.30. The van der Waals surface area contributed by atoms with Crippen LogP contribution in [0.25, 0.3) is 6.08 Å². The van der Waals surface area contributed by atoms with E-state index >= 15 is 0 Å². The Morgan fingerprint density at radius 1 is 1.25 bits per heavy atom. The van der Waals surface area contributed by atoms with E-state index in [0.717, 1.165) is 6.42 Å². The van der Waals surface area contributed by atoms with Gasteiger partial charge in [-0.25, -0.2) is 0 Å². The molecule has 0 radical (unpaired) electrons. The summed E-state index contributed by atoms with van der Waals surface area (Å²) in [5.74, 6) is 0. The first-order valence-electron chi connectivity index (χ1n) is 5.82. The first kappa shape index (κ1) is 13.2. The standard InChI is InChI=1S/C14H22OSi/c1-6-12-7-9-13(10-8-12)11-14(2,3)15-16(4)5/h6-10,16H,1,11H2,2-5H3. The molecular formula is C14H22OSi. The van der Waals surface area contributed by atoms with Crippen molar-refractivity contribution in [3.05, 3.63) is 42.0 Å². The predicted molar refractivity (Wildman–Crippen MR) is 74.3 cm³/mol. The third kappa shape index (κ3) is 4.33. The summed E-state index contributed by atoms with van der Waals surface area (Å²) >= 11 is 0. The molecule has 0 aromatic heterocycles. The van der Waals surface area contributed by atoms with Gasteiger partial charge in [0.25, 0.3) is 0 Å². The zero-order valence-corrected chi connectivity index (χ0v) is 11.9. The summed E-state index contributed by atoms with van der Waals surface area (Å²) in [6.45, 7) is 12.5. The Hall–Kier alpha value is -0.863. The lowest BCUT2D eigenvalue weighted by Crippen LogP contribution is -2.32. The van der Waals surface area contributed by atoms with Crippen molar-refractivity contribution >= 4 is 15.1 Å². The summed E-state index contributed by atoms with van der Waals surface area (Å²) in [5, 5.41) is 0. The molecule has 16 heavy (non-hydrogen) atoms. The van der Waals surface area contributed by atoms with Crippen molar-refractivity contribution in [2.75, 3.05) is 0 Å². The molecule has 0 saturated carbocycles. The molecule has 2 heteroatoms. The van der Waals surface area contributed by atoms with Gasteiger partial charge in [-0.05, 0) is 44.5 Å². The Balaban J connectivity index is 2.68. The molecule has 0 fully saturated rings. The van der Waals surface area contributed by atoms with Gasteiger partial charge in [0.2, 0.25) is 0 Å². The highest BCUT2D eigenvalue weighted by Gasteiger charge is 2.20. The van der Waals surface area contributed by atoms with Gasteiger partial charge in [-0.1, -0.05) is 36.9 Å². The zero-order valence-electron chi connectivity index (χ0n) is 10.8. The van der Waals surface area contributed by atoms with Crippen LogP contribution in [0.1, 0.15) is 25.0 Å². The van der Waals surface area contributed by atoms with Crippen molar-refractivity contribution in [2.24, 2.45) is 0 Å². The first-order valence-corrected chi connectivity index (χ1v) is 8.60.